The second-order valence-corrected chi connectivity index (χ2v) is 4.54. The number of halogens is 1. The lowest BCUT2D eigenvalue weighted by Gasteiger charge is -1.96. The van der Waals surface area contributed by atoms with Crippen LogP contribution in [0.25, 0.3) is 10.4 Å². The molecule has 0 radical (unpaired) electrons. The van der Waals surface area contributed by atoms with Gasteiger partial charge in [0.05, 0.1) is 6.61 Å². The predicted octanol–water partition coefficient (Wildman–Crippen LogP) is 3.56. The normalized spacial score (nSPS) is 10.4. The third-order valence-corrected chi connectivity index (χ3v) is 3.28. The molecule has 0 spiro atoms. The number of rotatable bonds is 2. The van der Waals surface area contributed by atoms with Crippen molar-refractivity contribution in [2.45, 2.75) is 6.61 Å². The van der Waals surface area contributed by atoms with E-state index in [1.807, 2.05) is 36.4 Å². The third kappa shape index (κ3) is 1.98. The fourth-order valence-corrected chi connectivity index (χ4v) is 2.31. The highest BCUT2D eigenvalue weighted by Gasteiger charge is 2.02. The molecule has 72 valence electrons. The highest BCUT2D eigenvalue weighted by Crippen LogP contribution is 2.29. The molecule has 1 aromatic carbocycles. The van der Waals surface area contributed by atoms with Crippen molar-refractivity contribution in [3.63, 3.8) is 0 Å². The van der Waals surface area contributed by atoms with Crippen molar-refractivity contribution < 1.29 is 5.11 Å². The number of benzene rings is 1. The summed E-state index contributed by atoms with van der Waals surface area (Å²) < 4.78 is 0. The smallest absolute Gasteiger partial charge is 0.0774 e. The van der Waals surface area contributed by atoms with E-state index in [1.54, 1.807) is 11.3 Å². The molecule has 2 rings (SSSR count). The maximum Gasteiger partial charge on any atom is 0.0774 e. The molecule has 0 saturated heterocycles. The minimum atomic E-state index is 0.102. The summed E-state index contributed by atoms with van der Waals surface area (Å²) in [5.74, 6) is 0. The first kappa shape index (κ1) is 9.71. The van der Waals surface area contributed by atoms with Crippen LogP contribution in [0.3, 0.4) is 0 Å². The van der Waals surface area contributed by atoms with E-state index >= 15 is 0 Å². The summed E-state index contributed by atoms with van der Waals surface area (Å²) in [5, 5.41) is 9.67. The Morgan fingerprint density at radius 3 is 2.71 bits per heavy atom. The van der Waals surface area contributed by atoms with Gasteiger partial charge in [-0.05, 0) is 29.8 Å². The van der Waals surface area contributed by atoms with Gasteiger partial charge in [0.25, 0.3) is 0 Å². The lowest BCUT2D eigenvalue weighted by Crippen LogP contribution is -1.71. The maximum absolute atomic E-state index is 8.94. The van der Waals surface area contributed by atoms with Gasteiger partial charge in [-0.2, -0.15) is 0 Å². The molecule has 0 aliphatic carbocycles. The summed E-state index contributed by atoms with van der Waals surface area (Å²) in [6, 6.07) is 11.7. The summed E-state index contributed by atoms with van der Waals surface area (Å²) in [4.78, 5) is 2.11. The Hall–Kier alpha value is -0.830. The minimum absolute atomic E-state index is 0.102. The molecule has 0 unspecified atom stereocenters. The van der Waals surface area contributed by atoms with Crippen LogP contribution >= 0.6 is 22.9 Å². The largest absolute Gasteiger partial charge is 0.391 e. The first-order chi connectivity index (χ1) is 6.79. The second-order valence-electron chi connectivity index (χ2n) is 2.93. The van der Waals surface area contributed by atoms with Crippen LogP contribution in [0.4, 0.5) is 0 Å². The fourth-order valence-electron chi connectivity index (χ4n) is 1.26. The topological polar surface area (TPSA) is 20.2 Å². The first-order valence-electron chi connectivity index (χ1n) is 4.25. The molecule has 2 aromatic rings. The van der Waals surface area contributed by atoms with Crippen molar-refractivity contribution in [3.8, 4) is 10.4 Å². The Bertz CT molecular complexity index is 436. The van der Waals surface area contributed by atoms with Crippen molar-refractivity contribution in [2.75, 3.05) is 0 Å². The summed E-state index contributed by atoms with van der Waals surface area (Å²) in [6.45, 7) is 0.102. The number of aliphatic hydroxyl groups excluding tert-OH is 1. The van der Waals surface area contributed by atoms with E-state index in [2.05, 4.69) is 0 Å². The summed E-state index contributed by atoms with van der Waals surface area (Å²) in [6.07, 6.45) is 0. The van der Waals surface area contributed by atoms with Gasteiger partial charge in [0.2, 0.25) is 0 Å². The molecular weight excluding hydrogens is 216 g/mol. The summed E-state index contributed by atoms with van der Waals surface area (Å²) in [5.41, 5.74) is 1.10. The molecule has 0 fully saturated rings. The van der Waals surface area contributed by atoms with Gasteiger partial charge in [0.1, 0.15) is 0 Å². The molecular formula is C11H9ClOS. The van der Waals surface area contributed by atoms with Gasteiger partial charge in [-0.1, -0.05) is 23.7 Å². The molecule has 14 heavy (non-hydrogen) atoms. The van der Waals surface area contributed by atoms with Gasteiger partial charge in [-0.25, -0.2) is 0 Å². The molecule has 0 aliphatic heterocycles. The molecule has 0 saturated carbocycles. The zero-order chi connectivity index (χ0) is 9.97. The summed E-state index contributed by atoms with van der Waals surface area (Å²) >= 11 is 7.48. The Morgan fingerprint density at radius 2 is 2.07 bits per heavy atom. The number of hydrogen-bond acceptors (Lipinski definition) is 2. The van der Waals surface area contributed by atoms with Gasteiger partial charge < -0.3 is 5.11 Å². The van der Waals surface area contributed by atoms with Crippen LogP contribution in [-0.4, -0.2) is 5.11 Å². The minimum Gasteiger partial charge on any atom is -0.391 e. The van der Waals surface area contributed by atoms with E-state index < -0.39 is 0 Å². The van der Waals surface area contributed by atoms with E-state index in [1.165, 1.54) is 0 Å². The molecule has 0 atom stereocenters. The molecule has 1 N–H and O–H groups in total. The molecule has 0 amide bonds. The van der Waals surface area contributed by atoms with Crippen LogP contribution in [0, 0.1) is 0 Å². The zero-order valence-corrected chi connectivity index (χ0v) is 8.98. The van der Waals surface area contributed by atoms with Gasteiger partial charge in [-0.15, -0.1) is 11.3 Å². The maximum atomic E-state index is 8.94. The van der Waals surface area contributed by atoms with Gasteiger partial charge >= 0.3 is 0 Å². The van der Waals surface area contributed by atoms with Gasteiger partial charge in [0.15, 0.2) is 0 Å². The summed E-state index contributed by atoms with van der Waals surface area (Å²) in [7, 11) is 0. The first-order valence-corrected chi connectivity index (χ1v) is 5.44. The van der Waals surface area contributed by atoms with E-state index in [0.29, 0.717) is 0 Å². The van der Waals surface area contributed by atoms with Crippen LogP contribution in [0.1, 0.15) is 4.88 Å². The van der Waals surface area contributed by atoms with Crippen LogP contribution in [0.2, 0.25) is 5.02 Å². The molecule has 0 bridgehead atoms. The predicted molar refractivity (Wildman–Crippen MR) is 60.7 cm³/mol. The average Bonchev–Trinajstić information content (AvgIpc) is 2.66. The van der Waals surface area contributed by atoms with Crippen LogP contribution in [0.5, 0.6) is 0 Å². The Labute approximate surface area is 91.6 Å². The molecule has 0 aliphatic rings. The number of hydrogen-bond donors (Lipinski definition) is 1. The Kier molecular flexibility index (Phi) is 2.87. The number of thiophene rings is 1. The van der Waals surface area contributed by atoms with Crippen molar-refractivity contribution in [3.05, 3.63) is 46.3 Å². The van der Waals surface area contributed by atoms with E-state index in [4.69, 9.17) is 16.7 Å². The van der Waals surface area contributed by atoms with Crippen molar-refractivity contribution >= 4 is 22.9 Å². The third-order valence-electron chi connectivity index (χ3n) is 1.93. The van der Waals surface area contributed by atoms with Crippen LogP contribution in [0.15, 0.2) is 36.4 Å². The Morgan fingerprint density at radius 1 is 1.21 bits per heavy atom. The lowest BCUT2D eigenvalue weighted by atomic mass is 10.2. The molecule has 1 aromatic heterocycles. The standard InChI is InChI=1S/C11H9ClOS/c12-9-3-1-2-8(6-9)11-5-4-10(7-13)14-11/h1-6,13H,7H2. The van der Waals surface area contributed by atoms with Crippen molar-refractivity contribution in [1.29, 1.82) is 0 Å². The fraction of sp³-hybridized carbons (Fsp3) is 0.0909. The average molecular weight is 225 g/mol. The second kappa shape index (κ2) is 4.13. The van der Waals surface area contributed by atoms with Crippen LogP contribution < -0.4 is 0 Å². The van der Waals surface area contributed by atoms with E-state index in [9.17, 15) is 0 Å². The quantitative estimate of drug-likeness (QED) is 0.827. The lowest BCUT2D eigenvalue weighted by molar-refractivity contribution is 0.285. The van der Waals surface area contributed by atoms with Crippen molar-refractivity contribution in [2.24, 2.45) is 0 Å². The van der Waals surface area contributed by atoms with Gasteiger partial charge in [0, 0.05) is 14.8 Å². The molecule has 1 heterocycles. The van der Waals surface area contributed by atoms with Crippen LogP contribution in [-0.2, 0) is 6.61 Å². The molecule has 3 heteroatoms. The molecule has 1 nitrogen and oxygen atoms in total. The van der Waals surface area contributed by atoms with Crippen molar-refractivity contribution in [1.82, 2.24) is 0 Å². The van der Waals surface area contributed by atoms with Gasteiger partial charge in [-0.3, -0.25) is 0 Å². The SMILES string of the molecule is OCc1ccc(-c2cccc(Cl)c2)s1. The highest BCUT2D eigenvalue weighted by molar-refractivity contribution is 7.15. The van der Waals surface area contributed by atoms with E-state index in [0.717, 1.165) is 20.3 Å². The zero-order valence-electron chi connectivity index (χ0n) is 7.40. The Balaban J connectivity index is 2.39. The highest BCUT2D eigenvalue weighted by atomic mass is 35.5. The number of aliphatic hydroxyl groups is 1. The monoisotopic (exact) mass is 224 g/mol. The van der Waals surface area contributed by atoms with E-state index in [-0.39, 0.29) is 6.61 Å².